The van der Waals surface area contributed by atoms with Crippen LogP contribution in [-0.2, 0) is 9.59 Å². The second-order valence-electron chi connectivity index (χ2n) is 4.32. The first-order chi connectivity index (χ1) is 8.50. The van der Waals surface area contributed by atoms with Gasteiger partial charge in [-0.15, -0.1) is 0 Å². The highest BCUT2D eigenvalue weighted by Crippen LogP contribution is 2.04. The molecule has 1 rings (SSSR count). The number of hydrogen-bond acceptors (Lipinski definition) is 3. The van der Waals surface area contributed by atoms with Crippen molar-refractivity contribution in [2.24, 2.45) is 5.92 Å². The third-order valence-electron chi connectivity index (χ3n) is 2.60. The Morgan fingerprint density at radius 2 is 1.78 bits per heavy atom. The molecular weight excluding hydrogens is 230 g/mol. The van der Waals surface area contributed by atoms with Crippen LogP contribution in [0.4, 0.5) is 0 Å². The average Bonchev–Trinajstić information content (AvgIpc) is 2.35. The fourth-order valence-corrected chi connectivity index (χ4v) is 1.58. The van der Waals surface area contributed by atoms with Crippen LogP contribution in [0.15, 0.2) is 30.3 Å². The monoisotopic (exact) mass is 247 g/mol. The zero-order valence-electron chi connectivity index (χ0n) is 10.6. The number of hydrogen-bond donors (Lipinski definition) is 1. The van der Waals surface area contributed by atoms with Crippen LogP contribution in [0, 0.1) is 5.92 Å². The number of amides is 1. The van der Waals surface area contributed by atoms with Crippen molar-refractivity contribution in [3.8, 4) is 0 Å². The summed E-state index contributed by atoms with van der Waals surface area (Å²) in [6, 6.07) is 8.69. The first kappa shape index (κ1) is 14.1. The Morgan fingerprint density at radius 1 is 1.17 bits per heavy atom. The summed E-state index contributed by atoms with van der Waals surface area (Å²) in [6.07, 6.45) is 0.222. The van der Waals surface area contributed by atoms with Crippen LogP contribution >= 0.6 is 0 Å². The highest BCUT2D eigenvalue weighted by atomic mass is 16.2. The molecule has 0 saturated heterocycles. The van der Waals surface area contributed by atoms with E-state index < -0.39 is 0 Å². The predicted molar refractivity (Wildman–Crippen MR) is 68.2 cm³/mol. The van der Waals surface area contributed by atoms with E-state index in [0.717, 1.165) is 0 Å². The van der Waals surface area contributed by atoms with E-state index in [1.165, 1.54) is 6.92 Å². The Labute approximate surface area is 106 Å². The molecule has 0 bridgehead atoms. The molecule has 0 aliphatic heterocycles. The van der Waals surface area contributed by atoms with Crippen molar-refractivity contribution < 1.29 is 14.4 Å². The van der Waals surface area contributed by atoms with Gasteiger partial charge in [0.25, 0.3) is 5.91 Å². The molecule has 0 fully saturated rings. The molecule has 0 spiro atoms. The zero-order valence-corrected chi connectivity index (χ0v) is 10.6. The van der Waals surface area contributed by atoms with Crippen LogP contribution in [0.5, 0.6) is 0 Å². The van der Waals surface area contributed by atoms with Gasteiger partial charge in [-0.1, -0.05) is 25.1 Å². The van der Waals surface area contributed by atoms with E-state index in [2.05, 4.69) is 5.32 Å². The summed E-state index contributed by atoms with van der Waals surface area (Å²) in [4.78, 5) is 34.2. The lowest BCUT2D eigenvalue weighted by atomic mass is 10.0. The summed E-state index contributed by atoms with van der Waals surface area (Å²) in [5.41, 5.74) is 0.518. The lowest BCUT2D eigenvalue weighted by Crippen LogP contribution is -2.32. The molecule has 0 aromatic heterocycles. The summed E-state index contributed by atoms with van der Waals surface area (Å²) in [5.74, 6) is -0.780. The van der Waals surface area contributed by atoms with Gasteiger partial charge in [-0.25, -0.2) is 0 Å². The van der Waals surface area contributed by atoms with Gasteiger partial charge < -0.3 is 10.1 Å². The molecule has 1 unspecified atom stereocenters. The van der Waals surface area contributed by atoms with Crippen LogP contribution in [-0.4, -0.2) is 24.0 Å². The highest BCUT2D eigenvalue weighted by Gasteiger charge is 2.15. The Kier molecular flexibility index (Phi) is 5.24. The molecule has 0 aliphatic carbocycles. The van der Waals surface area contributed by atoms with Crippen molar-refractivity contribution in [3.05, 3.63) is 35.9 Å². The van der Waals surface area contributed by atoms with E-state index in [4.69, 9.17) is 0 Å². The third kappa shape index (κ3) is 4.49. The van der Waals surface area contributed by atoms with E-state index in [-0.39, 0.29) is 36.4 Å². The highest BCUT2D eigenvalue weighted by molar-refractivity contribution is 5.97. The van der Waals surface area contributed by atoms with Gasteiger partial charge in [0.05, 0.1) is 6.54 Å². The Bertz CT molecular complexity index is 440. The van der Waals surface area contributed by atoms with Crippen LogP contribution in [0.1, 0.15) is 30.6 Å². The molecule has 4 nitrogen and oxygen atoms in total. The van der Waals surface area contributed by atoms with Crippen LogP contribution in [0.25, 0.3) is 0 Å². The lowest BCUT2D eigenvalue weighted by Gasteiger charge is -2.09. The smallest absolute Gasteiger partial charge is 0.251 e. The number of rotatable bonds is 6. The molecule has 1 aromatic rings. The second-order valence-corrected chi connectivity index (χ2v) is 4.32. The molecule has 1 N–H and O–H groups in total. The zero-order chi connectivity index (χ0) is 13.5. The predicted octanol–water partition coefficient (Wildman–Crippen LogP) is 1.60. The van der Waals surface area contributed by atoms with Crippen molar-refractivity contribution in [3.63, 3.8) is 0 Å². The summed E-state index contributed by atoms with van der Waals surface area (Å²) in [5, 5.41) is 2.55. The molecule has 1 atom stereocenters. The maximum absolute atomic E-state index is 11.7. The maximum atomic E-state index is 11.7. The van der Waals surface area contributed by atoms with Crippen molar-refractivity contribution in [1.29, 1.82) is 0 Å². The van der Waals surface area contributed by atoms with Gasteiger partial charge in [0, 0.05) is 17.9 Å². The first-order valence-electron chi connectivity index (χ1n) is 5.86. The molecule has 0 radical (unpaired) electrons. The number of benzene rings is 1. The van der Waals surface area contributed by atoms with E-state index >= 15 is 0 Å². The van der Waals surface area contributed by atoms with Crippen LogP contribution in [0.2, 0.25) is 0 Å². The largest absolute Gasteiger partial charge is 0.345 e. The van der Waals surface area contributed by atoms with Crippen molar-refractivity contribution >= 4 is 17.5 Å². The second kappa shape index (κ2) is 6.69. The van der Waals surface area contributed by atoms with Gasteiger partial charge in [0.2, 0.25) is 0 Å². The van der Waals surface area contributed by atoms with Gasteiger partial charge in [-0.3, -0.25) is 9.59 Å². The number of ketones is 2. The van der Waals surface area contributed by atoms with Gasteiger partial charge in [0.15, 0.2) is 5.78 Å². The normalized spacial score (nSPS) is 11.7. The summed E-state index contributed by atoms with van der Waals surface area (Å²) in [6.45, 7) is 3.10. The van der Waals surface area contributed by atoms with Gasteiger partial charge in [-0.2, -0.15) is 0 Å². The topological polar surface area (TPSA) is 63.2 Å². The minimum absolute atomic E-state index is 0.0229. The quantitative estimate of drug-likeness (QED) is 0.830. The molecule has 0 aliphatic rings. The third-order valence-corrected chi connectivity index (χ3v) is 2.60. The molecule has 4 heteroatoms. The molecule has 0 saturated carbocycles. The van der Waals surface area contributed by atoms with Crippen molar-refractivity contribution in [1.82, 2.24) is 5.32 Å². The van der Waals surface area contributed by atoms with E-state index in [9.17, 15) is 14.4 Å². The maximum Gasteiger partial charge on any atom is 0.251 e. The van der Waals surface area contributed by atoms with Crippen LogP contribution in [0.3, 0.4) is 0 Å². The van der Waals surface area contributed by atoms with E-state index in [1.54, 1.807) is 31.2 Å². The molecule has 1 amide bonds. The Hall–Kier alpha value is -1.97. The Balaban J connectivity index is 2.44. The molecule has 1 aromatic carbocycles. The van der Waals surface area contributed by atoms with Crippen LogP contribution < -0.4 is 5.32 Å². The van der Waals surface area contributed by atoms with Crippen molar-refractivity contribution in [2.75, 3.05) is 6.54 Å². The van der Waals surface area contributed by atoms with Crippen molar-refractivity contribution in [2.45, 2.75) is 20.3 Å². The lowest BCUT2D eigenvalue weighted by molar-refractivity contribution is -0.126. The summed E-state index contributed by atoms with van der Waals surface area (Å²) < 4.78 is 0. The standard InChI is InChI=1S/C14H17NO3/c1-10(8-11(2)16)13(17)9-15-14(18)12-6-4-3-5-7-12/h3-7,10H,8-9H2,1-2H3,(H,15,18). The minimum Gasteiger partial charge on any atom is -0.345 e. The number of nitrogens with one attached hydrogen (secondary N) is 1. The van der Waals surface area contributed by atoms with Gasteiger partial charge in [-0.05, 0) is 19.1 Å². The first-order valence-corrected chi connectivity index (χ1v) is 5.86. The summed E-state index contributed by atoms with van der Waals surface area (Å²) in [7, 11) is 0. The van der Waals surface area contributed by atoms with E-state index in [0.29, 0.717) is 5.56 Å². The fourth-order valence-electron chi connectivity index (χ4n) is 1.58. The molecule has 96 valence electrons. The SMILES string of the molecule is CC(=O)CC(C)C(=O)CNC(=O)c1ccccc1. The Morgan fingerprint density at radius 3 is 2.33 bits per heavy atom. The number of carbonyl (C=O) groups excluding carboxylic acids is 3. The molecular formula is C14H17NO3. The number of Topliss-reactive ketones (excluding diaryl/α,β-unsaturated/α-hetero) is 2. The van der Waals surface area contributed by atoms with E-state index in [1.807, 2.05) is 6.07 Å². The fraction of sp³-hybridized carbons (Fsp3) is 0.357. The number of carbonyl (C=O) groups is 3. The van der Waals surface area contributed by atoms with Gasteiger partial charge in [0.1, 0.15) is 5.78 Å². The molecule has 0 heterocycles. The minimum atomic E-state index is -0.349. The molecule has 18 heavy (non-hydrogen) atoms. The average molecular weight is 247 g/mol. The van der Waals surface area contributed by atoms with Gasteiger partial charge >= 0.3 is 0 Å². The summed E-state index contributed by atoms with van der Waals surface area (Å²) >= 11 is 0.